The van der Waals surface area contributed by atoms with Crippen LogP contribution in [-0.2, 0) is 0 Å². The number of nitrogens with zero attached hydrogens (tertiary/aromatic N) is 2. The zero-order chi connectivity index (χ0) is 13.1. The highest BCUT2D eigenvalue weighted by molar-refractivity contribution is 5.95. The summed E-state index contributed by atoms with van der Waals surface area (Å²) in [6.45, 7) is 4.50. The molecule has 1 fully saturated rings. The first kappa shape index (κ1) is 18.6. The molecule has 0 aliphatic carbocycles. The lowest BCUT2D eigenvalue weighted by atomic mass is 10.1. The average Bonchev–Trinajstić information content (AvgIpc) is 2.39. The number of ketones is 1. The Morgan fingerprint density at radius 1 is 1.30 bits per heavy atom. The standard InChI is InChI=1S/C12H15N3O3.2ClH/c1-9(16)10-2-3-11(12(8-10)15(17)18)14-6-4-13-5-7-14;;/h2-3,8,13H,4-7H2,1H3;2*1H. The van der Waals surface area contributed by atoms with Gasteiger partial charge in [0.05, 0.1) is 4.92 Å². The first-order valence-electron chi connectivity index (χ1n) is 5.84. The number of halogens is 2. The van der Waals surface area contributed by atoms with E-state index in [4.69, 9.17) is 0 Å². The molecule has 6 nitrogen and oxygen atoms in total. The van der Waals surface area contributed by atoms with Gasteiger partial charge in [0.2, 0.25) is 0 Å². The van der Waals surface area contributed by atoms with Gasteiger partial charge in [0.25, 0.3) is 5.69 Å². The van der Waals surface area contributed by atoms with Gasteiger partial charge in [0.15, 0.2) is 5.78 Å². The molecule has 0 amide bonds. The van der Waals surface area contributed by atoms with Gasteiger partial charge in [0, 0.05) is 37.8 Å². The van der Waals surface area contributed by atoms with Gasteiger partial charge in [-0.25, -0.2) is 0 Å². The van der Waals surface area contributed by atoms with Crippen LogP contribution in [0.3, 0.4) is 0 Å². The van der Waals surface area contributed by atoms with Crippen LogP contribution >= 0.6 is 24.8 Å². The normalized spacial score (nSPS) is 13.9. The van der Waals surface area contributed by atoms with E-state index < -0.39 is 4.92 Å². The fraction of sp³-hybridized carbons (Fsp3) is 0.417. The summed E-state index contributed by atoms with van der Waals surface area (Å²) >= 11 is 0. The molecule has 20 heavy (non-hydrogen) atoms. The van der Waals surface area contributed by atoms with Gasteiger partial charge in [-0.3, -0.25) is 14.9 Å². The Morgan fingerprint density at radius 2 is 1.90 bits per heavy atom. The van der Waals surface area contributed by atoms with Crippen LogP contribution in [0.15, 0.2) is 18.2 Å². The monoisotopic (exact) mass is 321 g/mol. The summed E-state index contributed by atoms with van der Waals surface area (Å²) < 4.78 is 0. The summed E-state index contributed by atoms with van der Waals surface area (Å²) in [6, 6.07) is 4.67. The Balaban J connectivity index is 0.00000180. The van der Waals surface area contributed by atoms with E-state index in [0.717, 1.165) is 26.2 Å². The highest BCUT2D eigenvalue weighted by atomic mass is 35.5. The van der Waals surface area contributed by atoms with Gasteiger partial charge in [-0.2, -0.15) is 0 Å². The van der Waals surface area contributed by atoms with E-state index in [1.807, 2.05) is 4.90 Å². The Labute approximate surface area is 129 Å². The molecule has 1 heterocycles. The molecule has 0 atom stereocenters. The quantitative estimate of drug-likeness (QED) is 0.524. The minimum Gasteiger partial charge on any atom is -0.363 e. The van der Waals surface area contributed by atoms with E-state index in [1.165, 1.54) is 13.0 Å². The molecule has 0 radical (unpaired) electrons. The molecule has 1 aromatic rings. The molecular formula is C12H17Cl2N3O3. The van der Waals surface area contributed by atoms with E-state index in [1.54, 1.807) is 12.1 Å². The molecule has 8 heteroatoms. The number of Topliss-reactive ketones (excluding diaryl/α,β-unsaturated/α-hetero) is 1. The van der Waals surface area contributed by atoms with Crippen molar-refractivity contribution in [1.29, 1.82) is 0 Å². The van der Waals surface area contributed by atoms with Crippen molar-refractivity contribution in [2.45, 2.75) is 6.92 Å². The van der Waals surface area contributed by atoms with Crippen molar-refractivity contribution in [3.8, 4) is 0 Å². The maximum Gasteiger partial charge on any atom is 0.293 e. The zero-order valence-electron chi connectivity index (χ0n) is 11.0. The number of hydrogen-bond donors (Lipinski definition) is 1. The van der Waals surface area contributed by atoms with Gasteiger partial charge in [-0.05, 0) is 19.1 Å². The highest BCUT2D eigenvalue weighted by Gasteiger charge is 2.22. The highest BCUT2D eigenvalue weighted by Crippen LogP contribution is 2.29. The molecule has 0 bridgehead atoms. The van der Waals surface area contributed by atoms with Crippen LogP contribution in [0.1, 0.15) is 17.3 Å². The fourth-order valence-electron chi connectivity index (χ4n) is 2.06. The molecule has 1 aliphatic heterocycles. The molecule has 1 saturated heterocycles. The number of nitro groups is 1. The number of carbonyl (C=O) groups is 1. The lowest BCUT2D eigenvalue weighted by Gasteiger charge is -2.29. The summed E-state index contributed by atoms with van der Waals surface area (Å²) in [5.41, 5.74) is 0.969. The van der Waals surface area contributed by atoms with Crippen LogP contribution in [-0.4, -0.2) is 36.9 Å². The van der Waals surface area contributed by atoms with E-state index >= 15 is 0 Å². The average molecular weight is 322 g/mol. The molecule has 2 rings (SSSR count). The number of nitro benzene ring substituents is 1. The minimum absolute atomic E-state index is 0. The SMILES string of the molecule is CC(=O)c1ccc(N2CCNCC2)c([N+](=O)[O-])c1.Cl.Cl. The summed E-state index contributed by atoms with van der Waals surface area (Å²) in [7, 11) is 0. The Bertz CT molecular complexity index is 491. The Kier molecular flexibility index (Phi) is 7.49. The largest absolute Gasteiger partial charge is 0.363 e. The minimum atomic E-state index is -0.427. The number of benzene rings is 1. The van der Waals surface area contributed by atoms with Crippen LogP contribution in [0, 0.1) is 10.1 Å². The Morgan fingerprint density at radius 3 is 2.40 bits per heavy atom. The van der Waals surface area contributed by atoms with Gasteiger partial charge in [0.1, 0.15) is 5.69 Å². The third-order valence-corrected chi connectivity index (χ3v) is 3.04. The van der Waals surface area contributed by atoms with Crippen molar-refractivity contribution in [1.82, 2.24) is 5.32 Å². The third-order valence-electron chi connectivity index (χ3n) is 3.04. The lowest BCUT2D eigenvalue weighted by Crippen LogP contribution is -2.43. The second kappa shape index (κ2) is 8.04. The number of piperazine rings is 1. The van der Waals surface area contributed by atoms with Crippen LogP contribution < -0.4 is 10.2 Å². The second-order valence-electron chi connectivity index (χ2n) is 4.25. The van der Waals surface area contributed by atoms with Gasteiger partial charge >= 0.3 is 0 Å². The van der Waals surface area contributed by atoms with E-state index in [2.05, 4.69) is 5.32 Å². The summed E-state index contributed by atoms with van der Waals surface area (Å²) in [5.74, 6) is -0.162. The third kappa shape index (κ3) is 4.06. The Hall–Kier alpha value is -1.37. The van der Waals surface area contributed by atoms with Crippen LogP contribution in [0.2, 0.25) is 0 Å². The summed E-state index contributed by atoms with van der Waals surface area (Å²) in [5, 5.41) is 14.3. The second-order valence-corrected chi connectivity index (χ2v) is 4.25. The van der Waals surface area contributed by atoms with E-state index in [-0.39, 0.29) is 36.3 Å². The molecule has 1 N–H and O–H groups in total. The van der Waals surface area contributed by atoms with Gasteiger partial charge in [-0.1, -0.05) is 0 Å². The van der Waals surface area contributed by atoms with Crippen molar-refractivity contribution < 1.29 is 9.72 Å². The predicted octanol–water partition coefficient (Wildman–Crippen LogP) is 2.05. The molecular weight excluding hydrogens is 305 g/mol. The molecule has 112 valence electrons. The summed E-state index contributed by atoms with van der Waals surface area (Å²) in [4.78, 5) is 23.9. The number of anilines is 1. The molecule has 1 aliphatic rings. The smallest absolute Gasteiger partial charge is 0.293 e. The van der Waals surface area contributed by atoms with Crippen molar-refractivity contribution in [3.63, 3.8) is 0 Å². The number of nitrogens with one attached hydrogen (secondary N) is 1. The van der Waals surface area contributed by atoms with Crippen molar-refractivity contribution in [2.24, 2.45) is 0 Å². The van der Waals surface area contributed by atoms with Crippen molar-refractivity contribution >= 4 is 42.0 Å². The van der Waals surface area contributed by atoms with Crippen LogP contribution in [0.4, 0.5) is 11.4 Å². The lowest BCUT2D eigenvalue weighted by molar-refractivity contribution is -0.384. The van der Waals surface area contributed by atoms with Crippen LogP contribution in [0.25, 0.3) is 0 Å². The van der Waals surface area contributed by atoms with Gasteiger partial charge < -0.3 is 10.2 Å². The number of carbonyl (C=O) groups excluding carboxylic acids is 1. The zero-order valence-corrected chi connectivity index (χ0v) is 12.6. The topological polar surface area (TPSA) is 75.5 Å². The molecule has 0 spiro atoms. The van der Waals surface area contributed by atoms with Crippen LogP contribution in [0.5, 0.6) is 0 Å². The van der Waals surface area contributed by atoms with Crippen molar-refractivity contribution in [2.75, 3.05) is 31.1 Å². The number of rotatable bonds is 3. The first-order valence-corrected chi connectivity index (χ1v) is 5.84. The maximum atomic E-state index is 11.3. The molecule has 0 aromatic heterocycles. The maximum absolute atomic E-state index is 11.3. The molecule has 0 unspecified atom stereocenters. The van der Waals surface area contributed by atoms with Crippen molar-refractivity contribution in [3.05, 3.63) is 33.9 Å². The van der Waals surface area contributed by atoms with E-state index in [9.17, 15) is 14.9 Å². The van der Waals surface area contributed by atoms with Gasteiger partial charge in [-0.15, -0.1) is 24.8 Å². The molecule has 1 aromatic carbocycles. The van der Waals surface area contributed by atoms with E-state index in [0.29, 0.717) is 11.3 Å². The molecule has 0 saturated carbocycles. The number of hydrogen-bond acceptors (Lipinski definition) is 5. The summed E-state index contributed by atoms with van der Waals surface area (Å²) in [6.07, 6.45) is 0. The first-order chi connectivity index (χ1) is 8.59. The fourth-order valence-corrected chi connectivity index (χ4v) is 2.06. The predicted molar refractivity (Wildman–Crippen MR) is 82.7 cm³/mol.